The first-order valence-electron chi connectivity index (χ1n) is 10.9. The van der Waals surface area contributed by atoms with Crippen LogP contribution < -0.4 is 9.64 Å². The van der Waals surface area contributed by atoms with Gasteiger partial charge in [0.1, 0.15) is 35.9 Å². The number of hydrogen-bond donors (Lipinski definition) is 4. The average Bonchev–Trinajstić information content (AvgIpc) is 3.13. The molecule has 0 spiro atoms. The van der Waals surface area contributed by atoms with Gasteiger partial charge in [-0.15, -0.1) is 0 Å². The molecule has 0 aliphatic carbocycles. The van der Waals surface area contributed by atoms with E-state index in [-0.39, 0.29) is 36.0 Å². The van der Waals surface area contributed by atoms with Gasteiger partial charge in [0.2, 0.25) is 0 Å². The highest BCUT2D eigenvalue weighted by atomic mass is 19.1. The third kappa shape index (κ3) is 4.64. The lowest BCUT2D eigenvalue weighted by Crippen LogP contribution is -2.28. The molecule has 176 valence electrons. The molecule has 1 fully saturated rings. The monoisotopic (exact) mass is 463 g/mol. The molecule has 0 amide bonds. The van der Waals surface area contributed by atoms with E-state index < -0.39 is 12.7 Å². The number of aliphatic hydroxyl groups is 3. The first-order valence-corrected chi connectivity index (χ1v) is 10.9. The van der Waals surface area contributed by atoms with Crippen LogP contribution in [0.3, 0.4) is 0 Å². The van der Waals surface area contributed by atoms with Crippen molar-refractivity contribution < 1.29 is 24.4 Å². The summed E-state index contributed by atoms with van der Waals surface area (Å²) in [6.45, 7) is 1.42. The molecule has 0 saturated carbocycles. The van der Waals surface area contributed by atoms with Crippen LogP contribution in [0.25, 0.3) is 5.76 Å². The number of anilines is 1. The molecule has 1 aromatic heterocycles. The Morgan fingerprint density at radius 1 is 1.18 bits per heavy atom. The van der Waals surface area contributed by atoms with Crippen molar-refractivity contribution in [2.45, 2.75) is 19.1 Å². The van der Waals surface area contributed by atoms with E-state index in [1.54, 1.807) is 53.7 Å². The van der Waals surface area contributed by atoms with Crippen LogP contribution >= 0.6 is 0 Å². The SMILES string of the molecule is CC1C(=C(O)c2cccc(OC[C@H](O)CO)c2)C(=N)N(c2ccc(F)cc2)C1c1cccnc1. The van der Waals surface area contributed by atoms with Gasteiger partial charge in [-0.05, 0) is 48.0 Å². The molecule has 2 aromatic carbocycles. The summed E-state index contributed by atoms with van der Waals surface area (Å²) >= 11 is 0. The van der Waals surface area contributed by atoms with E-state index in [0.717, 1.165) is 5.56 Å². The van der Waals surface area contributed by atoms with Crippen molar-refractivity contribution in [1.82, 2.24) is 4.98 Å². The van der Waals surface area contributed by atoms with Crippen molar-refractivity contribution in [3.05, 3.63) is 95.6 Å². The summed E-state index contributed by atoms with van der Waals surface area (Å²) in [5, 5.41) is 38.8. The van der Waals surface area contributed by atoms with Crippen LogP contribution in [0, 0.1) is 17.1 Å². The number of aromatic nitrogens is 1. The first kappa shape index (κ1) is 23.4. The Labute approximate surface area is 196 Å². The van der Waals surface area contributed by atoms with Crippen molar-refractivity contribution in [2.75, 3.05) is 18.1 Å². The molecule has 2 heterocycles. The molecule has 1 saturated heterocycles. The molecule has 1 aliphatic rings. The van der Waals surface area contributed by atoms with E-state index in [4.69, 9.17) is 15.3 Å². The highest BCUT2D eigenvalue weighted by molar-refractivity contribution is 6.14. The summed E-state index contributed by atoms with van der Waals surface area (Å²) in [5.41, 5.74) is 2.38. The molecule has 0 radical (unpaired) electrons. The predicted octanol–water partition coefficient (Wildman–Crippen LogP) is 4.10. The average molecular weight is 464 g/mol. The van der Waals surface area contributed by atoms with E-state index in [2.05, 4.69) is 4.98 Å². The molecule has 34 heavy (non-hydrogen) atoms. The zero-order chi connectivity index (χ0) is 24.2. The van der Waals surface area contributed by atoms with Crippen molar-refractivity contribution in [1.29, 1.82) is 5.41 Å². The van der Waals surface area contributed by atoms with Gasteiger partial charge in [-0.2, -0.15) is 0 Å². The van der Waals surface area contributed by atoms with Crippen molar-refractivity contribution >= 4 is 17.3 Å². The number of halogens is 1. The zero-order valence-corrected chi connectivity index (χ0v) is 18.6. The van der Waals surface area contributed by atoms with Gasteiger partial charge in [0.05, 0.1) is 12.6 Å². The summed E-state index contributed by atoms with van der Waals surface area (Å²) in [4.78, 5) is 5.99. The van der Waals surface area contributed by atoms with Gasteiger partial charge in [-0.25, -0.2) is 4.39 Å². The molecule has 1 aliphatic heterocycles. The number of nitrogens with one attached hydrogen (secondary N) is 1. The van der Waals surface area contributed by atoms with Gasteiger partial charge < -0.3 is 25.0 Å². The van der Waals surface area contributed by atoms with Gasteiger partial charge in [0, 0.05) is 35.1 Å². The summed E-state index contributed by atoms with van der Waals surface area (Å²) < 4.78 is 19.1. The van der Waals surface area contributed by atoms with Crippen LogP contribution in [0.15, 0.2) is 78.6 Å². The van der Waals surface area contributed by atoms with Crippen molar-refractivity contribution in [3.63, 3.8) is 0 Å². The van der Waals surface area contributed by atoms with Crippen LogP contribution in [0.2, 0.25) is 0 Å². The maximum atomic E-state index is 13.6. The highest BCUT2D eigenvalue weighted by Gasteiger charge is 2.43. The Morgan fingerprint density at radius 2 is 1.94 bits per heavy atom. The fourth-order valence-electron chi connectivity index (χ4n) is 4.21. The van der Waals surface area contributed by atoms with Crippen LogP contribution in [0.4, 0.5) is 10.1 Å². The summed E-state index contributed by atoms with van der Waals surface area (Å²) in [6.07, 6.45) is 2.39. The van der Waals surface area contributed by atoms with Gasteiger partial charge in [0.25, 0.3) is 0 Å². The summed E-state index contributed by atoms with van der Waals surface area (Å²) in [5.74, 6) is -0.213. The van der Waals surface area contributed by atoms with E-state index in [0.29, 0.717) is 22.6 Å². The molecule has 3 aromatic rings. The third-order valence-electron chi connectivity index (χ3n) is 5.85. The topological polar surface area (TPSA) is 110 Å². The Kier molecular flexibility index (Phi) is 6.90. The minimum atomic E-state index is -1.01. The fraction of sp³-hybridized carbons (Fsp3) is 0.231. The molecule has 7 nitrogen and oxygen atoms in total. The maximum Gasteiger partial charge on any atom is 0.133 e. The lowest BCUT2D eigenvalue weighted by atomic mass is 9.91. The zero-order valence-electron chi connectivity index (χ0n) is 18.6. The van der Waals surface area contributed by atoms with Crippen LogP contribution in [0.1, 0.15) is 24.1 Å². The quantitative estimate of drug-likeness (QED) is 0.393. The lowest BCUT2D eigenvalue weighted by molar-refractivity contribution is 0.0536. The number of aliphatic hydroxyl groups excluding tert-OH is 3. The molecule has 8 heteroatoms. The molecular weight excluding hydrogens is 437 g/mol. The number of amidine groups is 1. The van der Waals surface area contributed by atoms with Gasteiger partial charge in [0.15, 0.2) is 0 Å². The van der Waals surface area contributed by atoms with Gasteiger partial charge in [-0.3, -0.25) is 10.4 Å². The second-order valence-corrected chi connectivity index (χ2v) is 8.15. The second-order valence-electron chi connectivity index (χ2n) is 8.15. The lowest BCUT2D eigenvalue weighted by Gasteiger charge is -2.28. The number of nitrogens with zero attached hydrogens (tertiary/aromatic N) is 2. The summed E-state index contributed by atoms with van der Waals surface area (Å²) in [6, 6.07) is 16.0. The molecule has 0 bridgehead atoms. The Balaban J connectivity index is 1.76. The highest BCUT2D eigenvalue weighted by Crippen LogP contribution is 2.46. The van der Waals surface area contributed by atoms with E-state index in [1.165, 1.54) is 12.1 Å². The second kappa shape index (κ2) is 10.0. The predicted molar refractivity (Wildman–Crippen MR) is 127 cm³/mol. The van der Waals surface area contributed by atoms with Crippen molar-refractivity contribution in [2.24, 2.45) is 5.92 Å². The molecular formula is C26H26FN3O4. The normalized spacial score (nSPS) is 20.4. The number of pyridine rings is 1. The Hall–Kier alpha value is -3.75. The molecule has 2 unspecified atom stereocenters. The minimum absolute atomic E-state index is 0.0656. The van der Waals surface area contributed by atoms with Crippen LogP contribution in [-0.2, 0) is 0 Å². The van der Waals surface area contributed by atoms with E-state index >= 15 is 0 Å². The molecule has 3 atom stereocenters. The number of benzene rings is 2. The van der Waals surface area contributed by atoms with Crippen LogP contribution in [-0.4, -0.2) is 45.5 Å². The Bertz CT molecular complexity index is 1180. The Morgan fingerprint density at radius 3 is 2.62 bits per heavy atom. The number of hydrogen-bond acceptors (Lipinski definition) is 6. The third-order valence-corrected chi connectivity index (χ3v) is 5.85. The fourth-order valence-corrected chi connectivity index (χ4v) is 4.21. The van der Waals surface area contributed by atoms with E-state index in [9.17, 15) is 14.6 Å². The first-order chi connectivity index (χ1) is 16.4. The van der Waals surface area contributed by atoms with Crippen molar-refractivity contribution in [3.8, 4) is 5.75 Å². The number of ether oxygens (including phenoxy) is 1. The summed E-state index contributed by atoms with van der Waals surface area (Å²) in [7, 11) is 0. The van der Waals surface area contributed by atoms with Crippen LogP contribution in [0.5, 0.6) is 5.75 Å². The number of rotatable bonds is 7. The largest absolute Gasteiger partial charge is 0.507 e. The molecule has 4 N–H and O–H groups in total. The van der Waals surface area contributed by atoms with E-state index in [1.807, 2.05) is 19.1 Å². The standard InChI is InChI=1S/C26H26FN3O4/c1-16-23(25(33)17-4-2-6-22(12-17)34-15-21(32)14-31)26(28)30(20-9-7-19(27)8-10-20)24(16)18-5-3-11-29-13-18/h2-13,16,21,24,28,31-33H,14-15H2,1H3/t16?,21-,24?/m1/s1. The smallest absolute Gasteiger partial charge is 0.133 e. The van der Waals surface area contributed by atoms with Gasteiger partial charge in [-0.1, -0.05) is 25.1 Å². The van der Waals surface area contributed by atoms with Gasteiger partial charge >= 0.3 is 0 Å². The maximum absolute atomic E-state index is 13.6. The minimum Gasteiger partial charge on any atom is -0.507 e. The molecule has 4 rings (SSSR count).